The first-order chi connectivity index (χ1) is 8.88. The van der Waals surface area contributed by atoms with E-state index in [1.54, 1.807) is 13.8 Å². The maximum Gasteiger partial charge on any atom is 0.307 e. The highest BCUT2D eigenvalue weighted by atomic mass is 16.4. The summed E-state index contributed by atoms with van der Waals surface area (Å²) in [6.45, 7) is 9.04. The van der Waals surface area contributed by atoms with Gasteiger partial charge in [-0.2, -0.15) is 0 Å². The third-order valence-corrected chi connectivity index (χ3v) is 3.63. The lowest BCUT2D eigenvalue weighted by molar-refractivity contribution is -0.142. The molecule has 0 heterocycles. The Balaban J connectivity index is 2.62. The van der Waals surface area contributed by atoms with Crippen LogP contribution in [0.5, 0.6) is 0 Å². The Labute approximate surface area is 119 Å². The number of rotatable bonds is 4. The van der Waals surface area contributed by atoms with Crippen molar-refractivity contribution in [3.05, 3.63) is 0 Å². The maximum absolute atomic E-state index is 12.2. The van der Waals surface area contributed by atoms with Crippen LogP contribution in [0.25, 0.3) is 0 Å². The zero-order chi connectivity index (χ0) is 15.9. The van der Waals surface area contributed by atoms with Gasteiger partial charge in [0.15, 0.2) is 0 Å². The average molecular weight is 284 g/mol. The molecule has 2 atom stereocenters. The zero-order valence-corrected chi connectivity index (χ0v) is 13.0. The molecule has 20 heavy (non-hydrogen) atoms. The molecule has 1 saturated carbocycles. The third-order valence-electron chi connectivity index (χ3n) is 3.63. The van der Waals surface area contributed by atoms with Crippen molar-refractivity contribution in [3.8, 4) is 0 Å². The Kier molecular flexibility index (Phi) is 4.17. The third kappa shape index (κ3) is 3.49. The molecular formula is C14H24N2O4. The fourth-order valence-electron chi connectivity index (χ4n) is 2.55. The number of amides is 2. The summed E-state index contributed by atoms with van der Waals surface area (Å²) >= 11 is 0. The van der Waals surface area contributed by atoms with Crippen LogP contribution in [0.3, 0.4) is 0 Å². The van der Waals surface area contributed by atoms with Crippen LogP contribution in [0.4, 0.5) is 0 Å². The van der Waals surface area contributed by atoms with E-state index in [0.717, 1.165) is 0 Å². The number of carbonyl (C=O) groups excluding carboxylic acids is 2. The lowest BCUT2D eigenvalue weighted by atomic mass is 10.1. The van der Waals surface area contributed by atoms with Crippen molar-refractivity contribution in [3.63, 3.8) is 0 Å². The van der Waals surface area contributed by atoms with E-state index in [2.05, 4.69) is 5.32 Å². The van der Waals surface area contributed by atoms with Crippen molar-refractivity contribution in [2.75, 3.05) is 13.6 Å². The van der Waals surface area contributed by atoms with Gasteiger partial charge in [-0.15, -0.1) is 0 Å². The predicted molar refractivity (Wildman–Crippen MR) is 73.9 cm³/mol. The number of carbonyl (C=O) groups is 3. The average Bonchev–Trinajstić information content (AvgIpc) is 2.77. The summed E-state index contributed by atoms with van der Waals surface area (Å²) in [7, 11) is 1.53. The summed E-state index contributed by atoms with van der Waals surface area (Å²) in [5, 5.41) is 11.8. The van der Waals surface area contributed by atoms with Crippen molar-refractivity contribution >= 4 is 17.8 Å². The lowest BCUT2D eigenvalue weighted by Crippen LogP contribution is -2.46. The molecular weight excluding hydrogens is 260 g/mol. The van der Waals surface area contributed by atoms with Gasteiger partial charge in [0, 0.05) is 12.6 Å². The van der Waals surface area contributed by atoms with E-state index in [-0.39, 0.29) is 23.9 Å². The van der Waals surface area contributed by atoms with E-state index in [1.807, 2.05) is 20.8 Å². The summed E-state index contributed by atoms with van der Waals surface area (Å²) in [4.78, 5) is 36.4. The molecule has 0 saturated heterocycles. The van der Waals surface area contributed by atoms with Gasteiger partial charge in [-0.05, 0) is 26.2 Å². The molecule has 6 heteroatoms. The molecule has 0 spiro atoms. The van der Waals surface area contributed by atoms with Crippen LogP contribution in [-0.4, -0.2) is 46.9 Å². The fourth-order valence-corrected chi connectivity index (χ4v) is 2.55. The van der Waals surface area contributed by atoms with Gasteiger partial charge in [0.05, 0.1) is 18.4 Å². The van der Waals surface area contributed by atoms with Crippen LogP contribution in [0.1, 0.15) is 34.6 Å². The quantitative estimate of drug-likeness (QED) is 0.796. The SMILES string of the molecule is CN(CC(=O)NC(C)(C)C)C(=O)[C@H]1[C@@H](C(=O)O)C1(C)C. The van der Waals surface area contributed by atoms with Crippen LogP contribution < -0.4 is 5.32 Å². The number of hydrogen-bond acceptors (Lipinski definition) is 3. The van der Waals surface area contributed by atoms with Crippen molar-refractivity contribution in [1.82, 2.24) is 10.2 Å². The minimum Gasteiger partial charge on any atom is -0.481 e. The Morgan fingerprint density at radius 2 is 1.70 bits per heavy atom. The molecule has 0 aromatic carbocycles. The summed E-state index contributed by atoms with van der Waals surface area (Å²) < 4.78 is 0. The minimum atomic E-state index is -0.958. The van der Waals surface area contributed by atoms with Gasteiger partial charge < -0.3 is 15.3 Å². The van der Waals surface area contributed by atoms with Crippen molar-refractivity contribution in [1.29, 1.82) is 0 Å². The van der Waals surface area contributed by atoms with Crippen LogP contribution in [0.2, 0.25) is 0 Å². The molecule has 1 rings (SSSR count). The summed E-state index contributed by atoms with van der Waals surface area (Å²) in [5.41, 5.74) is -0.902. The van der Waals surface area contributed by atoms with Gasteiger partial charge in [0.25, 0.3) is 0 Å². The molecule has 0 aromatic rings. The number of carboxylic acids is 1. The molecule has 2 N–H and O–H groups in total. The molecule has 1 aliphatic carbocycles. The maximum atomic E-state index is 12.2. The number of nitrogens with one attached hydrogen (secondary N) is 1. The Hall–Kier alpha value is -1.59. The van der Waals surface area contributed by atoms with E-state index < -0.39 is 23.2 Å². The molecule has 0 aromatic heterocycles. The first-order valence-corrected chi connectivity index (χ1v) is 6.66. The summed E-state index contributed by atoms with van der Waals surface area (Å²) in [6, 6.07) is 0. The summed E-state index contributed by atoms with van der Waals surface area (Å²) in [6.07, 6.45) is 0. The second-order valence-electron chi connectivity index (χ2n) is 7.11. The standard InChI is InChI=1S/C14H24N2O4/c1-13(2,3)15-8(17)7-16(6)11(18)9-10(12(19)20)14(9,4)5/h9-10H,7H2,1-6H3,(H,15,17)(H,19,20)/t9-,10+/m1/s1. The molecule has 0 aliphatic heterocycles. The van der Waals surface area contributed by atoms with Gasteiger partial charge in [0.1, 0.15) is 0 Å². The van der Waals surface area contributed by atoms with Crippen LogP contribution in [0, 0.1) is 17.3 Å². The fraction of sp³-hybridized carbons (Fsp3) is 0.786. The molecule has 0 unspecified atom stereocenters. The number of hydrogen-bond donors (Lipinski definition) is 2. The Bertz CT molecular complexity index is 437. The van der Waals surface area contributed by atoms with E-state index in [1.165, 1.54) is 11.9 Å². The Morgan fingerprint density at radius 1 is 1.20 bits per heavy atom. The van der Waals surface area contributed by atoms with Gasteiger partial charge in [-0.3, -0.25) is 14.4 Å². The van der Waals surface area contributed by atoms with E-state index in [9.17, 15) is 14.4 Å². The molecule has 0 radical (unpaired) electrons. The first kappa shape index (κ1) is 16.5. The highest BCUT2D eigenvalue weighted by Gasteiger charge is 2.66. The highest BCUT2D eigenvalue weighted by molar-refractivity contribution is 5.93. The lowest BCUT2D eigenvalue weighted by Gasteiger charge is -2.23. The highest BCUT2D eigenvalue weighted by Crippen LogP contribution is 2.58. The second kappa shape index (κ2) is 5.07. The molecule has 6 nitrogen and oxygen atoms in total. The van der Waals surface area contributed by atoms with Crippen LogP contribution in [0.15, 0.2) is 0 Å². The van der Waals surface area contributed by atoms with Crippen molar-refractivity contribution < 1.29 is 19.5 Å². The molecule has 0 bridgehead atoms. The molecule has 114 valence electrons. The molecule has 2 amide bonds. The van der Waals surface area contributed by atoms with Crippen LogP contribution in [-0.2, 0) is 14.4 Å². The Morgan fingerprint density at radius 3 is 2.05 bits per heavy atom. The first-order valence-electron chi connectivity index (χ1n) is 6.66. The zero-order valence-electron chi connectivity index (χ0n) is 13.0. The normalized spacial score (nSPS) is 23.9. The smallest absolute Gasteiger partial charge is 0.307 e. The van der Waals surface area contributed by atoms with Gasteiger partial charge in [-0.1, -0.05) is 13.8 Å². The minimum absolute atomic E-state index is 0.0605. The van der Waals surface area contributed by atoms with E-state index >= 15 is 0 Å². The second-order valence-corrected chi connectivity index (χ2v) is 7.11. The van der Waals surface area contributed by atoms with Crippen LogP contribution >= 0.6 is 0 Å². The number of aliphatic carboxylic acids is 1. The van der Waals surface area contributed by atoms with Gasteiger partial charge in [0.2, 0.25) is 11.8 Å². The number of carboxylic acid groups (broad SMARTS) is 1. The van der Waals surface area contributed by atoms with E-state index in [4.69, 9.17) is 5.11 Å². The van der Waals surface area contributed by atoms with Gasteiger partial charge >= 0.3 is 5.97 Å². The molecule has 1 aliphatic rings. The van der Waals surface area contributed by atoms with Gasteiger partial charge in [-0.25, -0.2) is 0 Å². The largest absolute Gasteiger partial charge is 0.481 e. The number of nitrogens with zero attached hydrogens (tertiary/aromatic N) is 1. The topological polar surface area (TPSA) is 86.7 Å². The number of likely N-dealkylation sites (N-methyl/N-ethyl adjacent to an activating group) is 1. The van der Waals surface area contributed by atoms with E-state index in [0.29, 0.717) is 0 Å². The van der Waals surface area contributed by atoms with Crippen molar-refractivity contribution in [2.45, 2.75) is 40.2 Å². The van der Waals surface area contributed by atoms with Crippen molar-refractivity contribution in [2.24, 2.45) is 17.3 Å². The monoisotopic (exact) mass is 284 g/mol. The predicted octanol–water partition coefficient (Wildman–Crippen LogP) is 0.716. The molecule has 1 fully saturated rings. The summed E-state index contributed by atoms with van der Waals surface area (Å²) in [5.74, 6) is -2.71.